The summed E-state index contributed by atoms with van der Waals surface area (Å²) in [4.78, 5) is 0. The van der Waals surface area contributed by atoms with Crippen molar-refractivity contribution in [1.29, 1.82) is 0 Å². The van der Waals surface area contributed by atoms with Crippen molar-refractivity contribution in [3.8, 4) is 0 Å². The van der Waals surface area contributed by atoms with Crippen LogP contribution in [0.25, 0.3) is 0 Å². The predicted molar refractivity (Wildman–Crippen MR) is 101 cm³/mol. The van der Waals surface area contributed by atoms with E-state index in [1.807, 2.05) is 11.8 Å². The van der Waals surface area contributed by atoms with Crippen LogP contribution in [0.1, 0.15) is 72.1 Å². The number of rotatable bonds is 11. The quantitative estimate of drug-likeness (QED) is 0.342. The summed E-state index contributed by atoms with van der Waals surface area (Å²) in [5.41, 5.74) is 6.33. The van der Waals surface area contributed by atoms with Gasteiger partial charge in [0, 0.05) is 17.3 Å². The van der Waals surface area contributed by atoms with Gasteiger partial charge in [0.25, 0.3) is 0 Å². The first-order chi connectivity index (χ1) is 10.9. The molecule has 0 saturated heterocycles. The van der Waals surface area contributed by atoms with Crippen LogP contribution in [-0.4, -0.2) is 45.6 Å². The summed E-state index contributed by atoms with van der Waals surface area (Å²) >= 11 is 1.92. The maximum atomic E-state index is 9.71. The molecule has 0 radical (unpaired) electrons. The van der Waals surface area contributed by atoms with E-state index in [1.54, 1.807) is 0 Å². The molecule has 1 aliphatic carbocycles. The van der Waals surface area contributed by atoms with E-state index in [4.69, 9.17) is 5.73 Å². The highest BCUT2D eigenvalue weighted by Crippen LogP contribution is 2.31. The number of hydrogen-bond donors (Lipinski definition) is 4. The Morgan fingerprint density at radius 3 is 2.43 bits per heavy atom. The van der Waals surface area contributed by atoms with Gasteiger partial charge in [-0.15, -0.1) is 0 Å². The molecule has 0 aliphatic heterocycles. The van der Waals surface area contributed by atoms with Gasteiger partial charge in [0.2, 0.25) is 0 Å². The van der Waals surface area contributed by atoms with Gasteiger partial charge in [0.15, 0.2) is 6.29 Å². The second-order valence-electron chi connectivity index (χ2n) is 7.66. The Bertz CT molecular complexity index is 307. The Morgan fingerprint density at radius 1 is 1.22 bits per heavy atom. The van der Waals surface area contributed by atoms with Crippen molar-refractivity contribution in [3.05, 3.63) is 0 Å². The number of thioether (sulfide) groups is 1. The SMILES string of the molecule is CCCCSC(C)(C)CC(NCC(N)C1CCCCC1)C(O)O. The van der Waals surface area contributed by atoms with Gasteiger partial charge >= 0.3 is 0 Å². The van der Waals surface area contributed by atoms with E-state index < -0.39 is 6.29 Å². The second-order valence-corrected chi connectivity index (χ2v) is 9.46. The summed E-state index contributed by atoms with van der Waals surface area (Å²) in [6, 6.07) is -0.193. The largest absolute Gasteiger partial charge is 0.367 e. The molecule has 0 amide bonds. The zero-order valence-corrected chi connectivity index (χ0v) is 16.1. The van der Waals surface area contributed by atoms with Crippen LogP contribution in [-0.2, 0) is 0 Å². The molecular weight excluding hydrogens is 308 g/mol. The fraction of sp³-hybridized carbons (Fsp3) is 1.00. The fourth-order valence-electron chi connectivity index (χ4n) is 3.38. The van der Waals surface area contributed by atoms with Crippen molar-refractivity contribution in [2.24, 2.45) is 11.7 Å². The van der Waals surface area contributed by atoms with E-state index in [2.05, 4.69) is 26.1 Å². The first-order valence-corrected chi connectivity index (χ1v) is 10.3. The third-order valence-electron chi connectivity index (χ3n) is 4.93. The first-order valence-electron chi connectivity index (χ1n) is 9.35. The van der Waals surface area contributed by atoms with Gasteiger partial charge in [0.05, 0.1) is 6.04 Å². The topological polar surface area (TPSA) is 78.5 Å². The lowest BCUT2D eigenvalue weighted by Crippen LogP contribution is -2.50. The minimum atomic E-state index is -1.33. The summed E-state index contributed by atoms with van der Waals surface area (Å²) < 4.78 is 0.0332. The Hall–Kier alpha value is 0.190. The highest BCUT2D eigenvalue weighted by atomic mass is 32.2. The van der Waals surface area contributed by atoms with E-state index in [9.17, 15) is 10.2 Å². The van der Waals surface area contributed by atoms with Gasteiger partial charge < -0.3 is 21.3 Å². The molecule has 2 atom stereocenters. The fourth-order valence-corrected chi connectivity index (χ4v) is 4.66. The third-order valence-corrected chi connectivity index (χ3v) is 6.37. The second kappa shape index (κ2) is 10.9. The van der Waals surface area contributed by atoms with Crippen LogP contribution in [0.2, 0.25) is 0 Å². The maximum Gasteiger partial charge on any atom is 0.167 e. The summed E-state index contributed by atoms with van der Waals surface area (Å²) in [5, 5.41) is 22.8. The minimum Gasteiger partial charge on any atom is -0.367 e. The Balaban J connectivity index is 2.41. The van der Waals surface area contributed by atoms with E-state index in [1.165, 1.54) is 44.9 Å². The molecule has 0 aromatic heterocycles. The Morgan fingerprint density at radius 2 is 1.87 bits per heavy atom. The summed E-state index contributed by atoms with van der Waals surface area (Å²) in [6.45, 7) is 7.24. The van der Waals surface area contributed by atoms with E-state index >= 15 is 0 Å². The van der Waals surface area contributed by atoms with Crippen LogP contribution in [0.15, 0.2) is 0 Å². The smallest absolute Gasteiger partial charge is 0.167 e. The molecule has 0 bridgehead atoms. The van der Waals surface area contributed by atoms with Crippen molar-refractivity contribution >= 4 is 11.8 Å². The van der Waals surface area contributed by atoms with Crippen molar-refractivity contribution in [3.63, 3.8) is 0 Å². The Labute approximate surface area is 147 Å². The van der Waals surface area contributed by atoms with Crippen molar-refractivity contribution in [1.82, 2.24) is 5.32 Å². The van der Waals surface area contributed by atoms with Gasteiger partial charge in [-0.3, -0.25) is 0 Å². The summed E-state index contributed by atoms with van der Waals surface area (Å²) in [5.74, 6) is 1.71. The third kappa shape index (κ3) is 8.73. The molecule has 23 heavy (non-hydrogen) atoms. The van der Waals surface area contributed by atoms with Gasteiger partial charge in [-0.05, 0) is 37.4 Å². The minimum absolute atomic E-state index is 0.0332. The standard InChI is InChI=1S/C18H38N2O2S/c1-4-5-11-23-18(2,3)12-16(17(21)22)20-13-15(19)14-9-7-6-8-10-14/h14-17,20-22H,4-13,19H2,1-3H3. The lowest BCUT2D eigenvalue weighted by molar-refractivity contribution is -0.0706. The van der Waals surface area contributed by atoms with Crippen LogP contribution in [0.5, 0.6) is 0 Å². The average molecular weight is 347 g/mol. The number of nitrogens with one attached hydrogen (secondary N) is 1. The first kappa shape index (κ1) is 21.2. The molecule has 0 aromatic carbocycles. The van der Waals surface area contributed by atoms with E-state index in [0.29, 0.717) is 12.5 Å². The monoisotopic (exact) mass is 346 g/mol. The van der Waals surface area contributed by atoms with Crippen molar-refractivity contribution in [2.45, 2.75) is 95.3 Å². The molecule has 5 heteroatoms. The molecule has 0 aromatic rings. The van der Waals surface area contributed by atoms with E-state index in [-0.39, 0.29) is 16.8 Å². The normalized spacial score (nSPS) is 20.0. The average Bonchev–Trinajstić information content (AvgIpc) is 2.51. The molecule has 2 unspecified atom stereocenters. The molecule has 4 nitrogen and oxygen atoms in total. The van der Waals surface area contributed by atoms with Crippen LogP contribution >= 0.6 is 11.8 Å². The van der Waals surface area contributed by atoms with Gasteiger partial charge in [-0.25, -0.2) is 0 Å². The number of aliphatic hydroxyl groups is 2. The maximum absolute atomic E-state index is 9.71. The molecule has 138 valence electrons. The molecule has 1 rings (SSSR count). The molecule has 0 spiro atoms. The van der Waals surface area contributed by atoms with Crippen LogP contribution in [0.4, 0.5) is 0 Å². The van der Waals surface area contributed by atoms with Gasteiger partial charge in [0.1, 0.15) is 0 Å². The van der Waals surface area contributed by atoms with Gasteiger partial charge in [-0.1, -0.05) is 46.5 Å². The molecular formula is C18H38N2O2S. The lowest BCUT2D eigenvalue weighted by Gasteiger charge is -2.33. The molecule has 5 N–H and O–H groups in total. The molecule has 1 fully saturated rings. The highest BCUT2D eigenvalue weighted by molar-refractivity contribution is 8.00. The van der Waals surface area contributed by atoms with Gasteiger partial charge in [-0.2, -0.15) is 11.8 Å². The van der Waals surface area contributed by atoms with Crippen LogP contribution < -0.4 is 11.1 Å². The number of hydrogen-bond acceptors (Lipinski definition) is 5. The van der Waals surface area contributed by atoms with Crippen molar-refractivity contribution in [2.75, 3.05) is 12.3 Å². The van der Waals surface area contributed by atoms with Crippen molar-refractivity contribution < 1.29 is 10.2 Å². The number of nitrogens with two attached hydrogens (primary N) is 1. The van der Waals surface area contributed by atoms with Crippen LogP contribution in [0.3, 0.4) is 0 Å². The Kier molecular flexibility index (Phi) is 10.1. The van der Waals surface area contributed by atoms with E-state index in [0.717, 1.165) is 12.2 Å². The molecule has 1 aliphatic rings. The molecule has 0 heterocycles. The summed E-state index contributed by atoms with van der Waals surface area (Å²) in [6.07, 6.45) is 8.13. The highest BCUT2D eigenvalue weighted by Gasteiger charge is 2.28. The number of unbranched alkanes of at least 4 members (excludes halogenated alkanes) is 1. The van der Waals surface area contributed by atoms with Crippen LogP contribution in [0, 0.1) is 5.92 Å². The predicted octanol–water partition coefficient (Wildman–Crippen LogP) is 2.86. The summed E-state index contributed by atoms with van der Waals surface area (Å²) in [7, 11) is 0. The lowest BCUT2D eigenvalue weighted by atomic mass is 9.84. The zero-order chi connectivity index (χ0) is 17.3. The molecule has 1 saturated carbocycles. The number of aliphatic hydroxyl groups excluding tert-OH is 1. The zero-order valence-electron chi connectivity index (χ0n) is 15.3.